The van der Waals surface area contributed by atoms with E-state index in [0.717, 1.165) is 17.7 Å². The minimum atomic E-state index is -0.402. The summed E-state index contributed by atoms with van der Waals surface area (Å²) in [4.78, 5) is 16.9. The van der Waals surface area contributed by atoms with Crippen molar-refractivity contribution in [2.75, 3.05) is 0 Å². The molecule has 0 saturated heterocycles. The molecule has 0 atom stereocenters. The van der Waals surface area contributed by atoms with Crippen LogP contribution in [0, 0.1) is 5.82 Å². The van der Waals surface area contributed by atoms with Crippen molar-refractivity contribution in [3.8, 4) is 10.6 Å². The first-order valence-electron chi connectivity index (χ1n) is 5.64. The standard InChI is InChI=1S/C13H9ClFNOS/c14-7-3-1-4-8(15)11(7)13-16-12-9(17)5-2-6-10(12)18-13/h1,3-4H,2,5-6H2. The number of halogens is 2. The largest absolute Gasteiger partial charge is 0.292 e. The molecule has 0 N–H and O–H groups in total. The number of fused-ring (bicyclic) bond motifs is 1. The van der Waals surface area contributed by atoms with Crippen molar-refractivity contribution in [1.82, 2.24) is 4.98 Å². The van der Waals surface area contributed by atoms with Gasteiger partial charge in [0.15, 0.2) is 5.78 Å². The molecule has 0 radical (unpaired) electrons. The molecule has 1 aliphatic rings. The second-order valence-corrected chi connectivity index (χ2v) is 5.66. The molecule has 0 aliphatic heterocycles. The van der Waals surface area contributed by atoms with E-state index < -0.39 is 5.82 Å². The normalized spacial score (nSPS) is 14.7. The number of aromatic nitrogens is 1. The summed E-state index contributed by atoms with van der Waals surface area (Å²) in [5, 5.41) is 0.826. The van der Waals surface area contributed by atoms with Crippen molar-refractivity contribution in [1.29, 1.82) is 0 Å². The highest BCUT2D eigenvalue weighted by molar-refractivity contribution is 7.15. The molecule has 1 aromatic carbocycles. The maximum atomic E-state index is 13.8. The Bertz CT molecular complexity index is 618. The molecule has 92 valence electrons. The number of hydrogen-bond acceptors (Lipinski definition) is 3. The molecule has 0 unspecified atom stereocenters. The van der Waals surface area contributed by atoms with Gasteiger partial charge in [-0.3, -0.25) is 4.79 Å². The molecule has 0 spiro atoms. The summed E-state index contributed by atoms with van der Waals surface area (Å²) in [5.41, 5.74) is 0.798. The molecular formula is C13H9ClFNOS. The van der Waals surface area contributed by atoms with Crippen LogP contribution >= 0.6 is 22.9 Å². The fourth-order valence-electron chi connectivity index (χ4n) is 2.08. The van der Waals surface area contributed by atoms with Crippen molar-refractivity contribution in [3.63, 3.8) is 0 Å². The van der Waals surface area contributed by atoms with Crippen molar-refractivity contribution in [2.45, 2.75) is 19.3 Å². The monoisotopic (exact) mass is 281 g/mol. The van der Waals surface area contributed by atoms with Gasteiger partial charge in [0.05, 0.1) is 10.6 Å². The first-order valence-corrected chi connectivity index (χ1v) is 6.83. The molecule has 3 rings (SSSR count). The van der Waals surface area contributed by atoms with Gasteiger partial charge in [-0.05, 0) is 25.0 Å². The summed E-state index contributed by atoms with van der Waals surface area (Å²) in [5.74, 6) is -0.354. The predicted octanol–water partition coefficient (Wildman–Crippen LogP) is 4.12. The lowest BCUT2D eigenvalue weighted by Gasteiger charge is -2.06. The van der Waals surface area contributed by atoms with E-state index in [9.17, 15) is 9.18 Å². The molecule has 2 nitrogen and oxygen atoms in total. The molecule has 1 heterocycles. The van der Waals surface area contributed by atoms with Gasteiger partial charge in [0.2, 0.25) is 0 Å². The predicted molar refractivity (Wildman–Crippen MR) is 69.8 cm³/mol. The van der Waals surface area contributed by atoms with E-state index in [1.807, 2.05) is 0 Å². The van der Waals surface area contributed by atoms with Crippen LogP contribution in [0.2, 0.25) is 5.02 Å². The zero-order chi connectivity index (χ0) is 12.7. The van der Waals surface area contributed by atoms with Crippen molar-refractivity contribution in [2.24, 2.45) is 0 Å². The van der Waals surface area contributed by atoms with Crippen LogP contribution in [0.4, 0.5) is 4.39 Å². The number of thiazole rings is 1. The van der Waals surface area contributed by atoms with E-state index in [4.69, 9.17) is 11.6 Å². The van der Waals surface area contributed by atoms with Gasteiger partial charge >= 0.3 is 0 Å². The zero-order valence-corrected chi connectivity index (χ0v) is 10.9. The second kappa shape index (κ2) is 4.44. The second-order valence-electron chi connectivity index (χ2n) is 4.16. The summed E-state index contributed by atoms with van der Waals surface area (Å²) in [6.07, 6.45) is 2.21. The highest BCUT2D eigenvalue weighted by Crippen LogP contribution is 2.37. The summed E-state index contributed by atoms with van der Waals surface area (Å²) < 4.78 is 13.8. The average molecular weight is 282 g/mol. The Morgan fingerprint density at radius 1 is 1.33 bits per heavy atom. The summed E-state index contributed by atoms with van der Waals surface area (Å²) in [6.45, 7) is 0. The summed E-state index contributed by atoms with van der Waals surface area (Å²) >= 11 is 7.37. The SMILES string of the molecule is O=C1CCCc2sc(-c3c(F)cccc3Cl)nc21. The molecule has 0 fully saturated rings. The van der Waals surface area contributed by atoms with Crippen LogP contribution in [0.15, 0.2) is 18.2 Å². The Balaban J connectivity index is 2.16. The third kappa shape index (κ3) is 1.85. The number of rotatable bonds is 1. The quantitative estimate of drug-likeness (QED) is 0.787. The Hall–Kier alpha value is -1.26. The van der Waals surface area contributed by atoms with E-state index in [1.165, 1.54) is 17.4 Å². The van der Waals surface area contributed by atoms with Crippen LogP contribution in [0.5, 0.6) is 0 Å². The summed E-state index contributed by atoms with van der Waals surface area (Å²) in [6, 6.07) is 4.53. The minimum absolute atomic E-state index is 0.0474. The molecule has 0 saturated carbocycles. The minimum Gasteiger partial charge on any atom is -0.292 e. The lowest BCUT2D eigenvalue weighted by molar-refractivity contribution is 0.0968. The van der Waals surface area contributed by atoms with Gasteiger partial charge in [-0.25, -0.2) is 9.37 Å². The highest BCUT2D eigenvalue weighted by atomic mass is 35.5. The molecule has 2 aromatic rings. The average Bonchev–Trinajstić information content (AvgIpc) is 2.74. The molecule has 18 heavy (non-hydrogen) atoms. The topological polar surface area (TPSA) is 30.0 Å². The Morgan fingerprint density at radius 2 is 2.17 bits per heavy atom. The molecular weight excluding hydrogens is 273 g/mol. The van der Waals surface area contributed by atoms with Gasteiger partial charge in [-0.2, -0.15) is 0 Å². The van der Waals surface area contributed by atoms with Crippen LogP contribution in [-0.2, 0) is 6.42 Å². The highest BCUT2D eigenvalue weighted by Gasteiger charge is 2.24. The number of carbonyl (C=O) groups excluding carboxylic acids is 1. The van der Waals surface area contributed by atoms with Crippen LogP contribution < -0.4 is 0 Å². The first kappa shape index (κ1) is 11.8. The van der Waals surface area contributed by atoms with Crippen LogP contribution in [0.1, 0.15) is 28.2 Å². The zero-order valence-electron chi connectivity index (χ0n) is 9.37. The van der Waals surface area contributed by atoms with Gasteiger partial charge in [-0.15, -0.1) is 11.3 Å². The molecule has 0 bridgehead atoms. The third-order valence-electron chi connectivity index (χ3n) is 2.95. The van der Waals surface area contributed by atoms with Gasteiger partial charge in [0.1, 0.15) is 16.5 Å². The number of ketones is 1. The fraction of sp³-hybridized carbons (Fsp3) is 0.231. The van der Waals surface area contributed by atoms with E-state index in [0.29, 0.717) is 27.7 Å². The fourth-order valence-corrected chi connectivity index (χ4v) is 3.57. The van der Waals surface area contributed by atoms with E-state index in [1.54, 1.807) is 12.1 Å². The third-order valence-corrected chi connectivity index (χ3v) is 4.39. The van der Waals surface area contributed by atoms with Crippen LogP contribution in [0.25, 0.3) is 10.6 Å². The van der Waals surface area contributed by atoms with Crippen LogP contribution in [0.3, 0.4) is 0 Å². The van der Waals surface area contributed by atoms with Gasteiger partial charge in [0.25, 0.3) is 0 Å². The van der Waals surface area contributed by atoms with Gasteiger partial charge in [-0.1, -0.05) is 17.7 Å². The number of hydrogen-bond donors (Lipinski definition) is 0. The Morgan fingerprint density at radius 3 is 2.89 bits per heavy atom. The number of nitrogens with zero attached hydrogens (tertiary/aromatic N) is 1. The van der Waals surface area contributed by atoms with E-state index >= 15 is 0 Å². The van der Waals surface area contributed by atoms with Crippen molar-refractivity contribution < 1.29 is 9.18 Å². The number of aryl methyl sites for hydroxylation is 1. The van der Waals surface area contributed by atoms with E-state index in [2.05, 4.69) is 4.98 Å². The first-order chi connectivity index (χ1) is 8.66. The van der Waals surface area contributed by atoms with Crippen LogP contribution in [-0.4, -0.2) is 10.8 Å². The van der Waals surface area contributed by atoms with Crippen molar-refractivity contribution in [3.05, 3.63) is 39.6 Å². The lowest BCUT2D eigenvalue weighted by Crippen LogP contribution is -2.08. The maximum Gasteiger partial charge on any atom is 0.182 e. The number of benzene rings is 1. The number of Topliss-reactive ketones (excluding diaryl/α,β-unsaturated/α-hetero) is 1. The summed E-state index contributed by atoms with van der Waals surface area (Å²) in [7, 11) is 0. The van der Waals surface area contributed by atoms with Gasteiger partial charge < -0.3 is 0 Å². The molecule has 5 heteroatoms. The Kier molecular flexibility index (Phi) is 2.92. The molecule has 0 amide bonds. The van der Waals surface area contributed by atoms with E-state index in [-0.39, 0.29) is 5.78 Å². The molecule has 1 aliphatic carbocycles. The lowest BCUT2D eigenvalue weighted by atomic mass is 10.0. The molecule has 1 aromatic heterocycles. The maximum absolute atomic E-state index is 13.8. The van der Waals surface area contributed by atoms with Gasteiger partial charge in [0, 0.05) is 11.3 Å². The van der Waals surface area contributed by atoms with Crippen molar-refractivity contribution >= 4 is 28.7 Å². The number of carbonyl (C=O) groups is 1. The Labute approximate surface area is 112 Å². The smallest absolute Gasteiger partial charge is 0.182 e.